The minimum atomic E-state index is 0.459. The van der Waals surface area contributed by atoms with Crippen molar-refractivity contribution in [1.82, 2.24) is 10.2 Å². The van der Waals surface area contributed by atoms with E-state index in [1.165, 1.54) is 24.0 Å². The smallest absolute Gasteiger partial charge is 0.152 e. The second kappa shape index (κ2) is 4.48. The van der Waals surface area contributed by atoms with Gasteiger partial charge in [0.1, 0.15) is 0 Å². The van der Waals surface area contributed by atoms with Crippen molar-refractivity contribution in [2.75, 3.05) is 5.32 Å². The molecule has 0 spiro atoms. The number of nitrogens with one attached hydrogen (secondary N) is 2. The Bertz CT molecular complexity index is 524. The van der Waals surface area contributed by atoms with Gasteiger partial charge in [0.15, 0.2) is 5.82 Å². The molecule has 94 valence electrons. The van der Waals surface area contributed by atoms with Gasteiger partial charge in [0, 0.05) is 11.6 Å². The Morgan fingerprint density at radius 3 is 2.56 bits per heavy atom. The molecule has 1 aliphatic carbocycles. The summed E-state index contributed by atoms with van der Waals surface area (Å²) in [6.07, 6.45) is 2.54. The molecule has 1 aliphatic rings. The lowest BCUT2D eigenvalue weighted by Crippen LogP contribution is -2.04. The van der Waals surface area contributed by atoms with E-state index < -0.39 is 0 Å². The molecular formula is C15H19N3. The van der Waals surface area contributed by atoms with Crippen LogP contribution in [0.1, 0.15) is 38.2 Å². The summed E-state index contributed by atoms with van der Waals surface area (Å²) in [4.78, 5) is 0. The zero-order chi connectivity index (χ0) is 12.5. The van der Waals surface area contributed by atoms with Gasteiger partial charge in [-0.2, -0.15) is 5.10 Å². The van der Waals surface area contributed by atoms with Gasteiger partial charge >= 0.3 is 0 Å². The largest absolute Gasteiger partial charge is 0.366 e. The number of hydrogen-bond donors (Lipinski definition) is 2. The third-order valence-electron chi connectivity index (χ3n) is 3.36. The van der Waals surface area contributed by atoms with Crippen molar-refractivity contribution >= 4 is 5.82 Å². The first-order chi connectivity index (χ1) is 8.75. The van der Waals surface area contributed by atoms with Crippen molar-refractivity contribution in [2.24, 2.45) is 0 Å². The Morgan fingerprint density at radius 1 is 1.22 bits per heavy atom. The van der Waals surface area contributed by atoms with E-state index in [-0.39, 0.29) is 0 Å². The molecule has 0 aliphatic heterocycles. The minimum absolute atomic E-state index is 0.459. The van der Waals surface area contributed by atoms with E-state index in [4.69, 9.17) is 0 Å². The molecule has 0 unspecified atom stereocenters. The standard InChI is InChI=1S/C15H19N3/c1-10(2)13-14(11-6-4-3-5-7-11)17-18-15(13)16-12-8-9-12/h3-7,10,12H,8-9H2,1-2H3,(H2,16,17,18). The molecule has 3 nitrogen and oxygen atoms in total. The molecule has 0 atom stereocenters. The first-order valence-corrected chi connectivity index (χ1v) is 6.66. The second-order valence-electron chi connectivity index (χ2n) is 5.30. The zero-order valence-corrected chi connectivity index (χ0v) is 10.9. The van der Waals surface area contributed by atoms with Crippen LogP contribution in [0.15, 0.2) is 30.3 Å². The fourth-order valence-corrected chi connectivity index (χ4v) is 2.27. The van der Waals surface area contributed by atoms with Crippen LogP contribution in [-0.4, -0.2) is 16.2 Å². The Labute approximate surface area is 108 Å². The molecule has 1 aromatic carbocycles. The van der Waals surface area contributed by atoms with Crippen LogP contribution in [0, 0.1) is 0 Å². The topological polar surface area (TPSA) is 40.7 Å². The molecule has 3 rings (SSSR count). The van der Waals surface area contributed by atoms with Crippen molar-refractivity contribution in [3.8, 4) is 11.3 Å². The average Bonchev–Trinajstić information content (AvgIpc) is 3.07. The van der Waals surface area contributed by atoms with Gasteiger partial charge in [-0.05, 0) is 24.3 Å². The molecule has 2 N–H and O–H groups in total. The normalized spacial score (nSPS) is 15.1. The number of benzene rings is 1. The van der Waals surface area contributed by atoms with E-state index in [1.807, 2.05) is 6.07 Å². The predicted octanol–water partition coefficient (Wildman–Crippen LogP) is 3.77. The van der Waals surface area contributed by atoms with Gasteiger partial charge in [0.25, 0.3) is 0 Å². The van der Waals surface area contributed by atoms with Gasteiger partial charge < -0.3 is 5.32 Å². The number of nitrogens with zero attached hydrogens (tertiary/aromatic N) is 1. The molecule has 1 aromatic heterocycles. The SMILES string of the molecule is CC(C)c1c(NC2CC2)n[nH]c1-c1ccccc1. The highest BCUT2D eigenvalue weighted by Crippen LogP contribution is 2.35. The van der Waals surface area contributed by atoms with Crippen molar-refractivity contribution in [3.63, 3.8) is 0 Å². The number of aromatic nitrogens is 2. The lowest BCUT2D eigenvalue weighted by molar-refractivity contribution is 0.868. The van der Waals surface area contributed by atoms with E-state index >= 15 is 0 Å². The summed E-state index contributed by atoms with van der Waals surface area (Å²) in [6.45, 7) is 4.44. The fourth-order valence-electron chi connectivity index (χ4n) is 2.27. The summed E-state index contributed by atoms with van der Waals surface area (Å²) in [5.74, 6) is 1.49. The number of hydrogen-bond acceptors (Lipinski definition) is 2. The van der Waals surface area contributed by atoms with E-state index in [9.17, 15) is 0 Å². The van der Waals surface area contributed by atoms with Crippen LogP contribution in [0.25, 0.3) is 11.3 Å². The molecule has 1 saturated carbocycles. The lowest BCUT2D eigenvalue weighted by atomic mass is 9.98. The van der Waals surface area contributed by atoms with Crippen molar-refractivity contribution in [3.05, 3.63) is 35.9 Å². The Hall–Kier alpha value is -1.77. The van der Waals surface area contributed by atoms with Crippen LogP contribution >= 0.6 is 0 Å². The van der Waals surface area contributed by atoms with Gasteiger partial charge in [0.2, 0.25) is 0 Å². The Balaban J connectivity index is 2.01. The molecule has 0 bridgehead atoms. The molecule has 18 heavy (non-hydrogen) atoms. The lowest BCUT2D eigenvalue weighted by Gasteiger charge is -2.10. The minimum Gasteiger partial charge on any atom is -0.366 e. The van der Waals surface area contributed by atoms with E-state index in [0.29, 0.717) is 12.0 Å². The van der Waals surface area contributed by atoms with E-state index in [0.717, 1.165) is 11.5 Å². The third kappa shape index (κ3) is 2.13. The third-order valence-corrected chi connectivity index (χ3v) is 3.36. The average molecular weight is 241 g/mol. The molecule has 3 heteroatoms. The van der Waals surface area contributed by atoms with Crippen LogP contribution in [0.5, 0.6) is 0 Å². The molecule has 0 saturated heterocycles. The number of anilines is 1. The highest BCUT2D eigenvalue weighted by atomic mass is 15.2. The Morgan fingerprint density at radius 2 is 1.94 bits per heavy atom. The van der Waals surface area contributed by atoms with Crippen molar-refractivity contribution in [2.45, 2.75) is 38.6 Å². The summed E-state index contributed by atoms with van der Waals surface area (Å²) >= 11 is 0. The molecule has 0 radical (unpaired) electrons. The van der Waals surface area contributed by atoms with Crippen molar-refractivity contribution < 1.29 is 0 Å². The first-order valence-electron chi connectivity index (χ1n) is 6.66. The van der Waals surface area contributed by atoms with Gasteiger partial charge in [-0.3, -0.25) is 5.10 Å². The van der Waals surface area contributed by atoms with Gasteiger partial charge in [0.05, 0.1) is 5.69 Å². The summed E-state index contributed by atoms with van der Waals surface area (Å²) in [7, 11) is 0. The number of H-pyrrole nitrogens is 1. The van der Waals surface area contributed by atoms with Crippen LogP contribution in [0.2, 0.25) is 0 Å². The number of rotatable bonds is 4. The highest BCUT2D eigenvalue weighted by Gasteiger charge is 2.25. The number of aromatic amines is 1. The summed E-state index contributed by atoms with van der Waals surface area (Å²) < 4.78 is 0. The molecule has 0 amide bonds. The molecule has 2 aromatic rings. The van der Waals surface area contributed by atoms with Crippen LogP contribution in [0.4, 0.5) is 5.82 Å². The summed E-state index contributed by atoms with van der Waals surface area (Å²) in [5, 5.41) is 11.2. The van der Waals surface area contributed by atoms with Crippen LogP contribution in [0.3, 0.4) is 0 Å². The zero-order valence-electron chi connectivity index (χ0n) is 10.9. The monoisotopic (exact) mass is 241 g/mol. The molecular weight excluding hydrogens is 222 g/mol. The highest BCUT2D eigenvalue weighted by molar-refractivity contribution is 5.70. The summed E-state index contributed by atoms with van der Waals surface area (Å²) in [5.41, 5.74) is 3.65. The predicted molar refractivity (Wildman–Crippen MR) is 74.8 cm³/mol. The maximum atomic E-state index is 4.46. The molecule has 1 fully saturated rings. The Kier molecular flexibility index (Phi) is 2.82. The summed E-state index contributed by atoms with van der Waals surface area (Å²) in [6, 6.07) is 11.1. The van der Waals surface area contributed by atoms with E-state index in [2.05, 4.69) is 53.6 Å². The molecule has 1 heterocycles. The van der Waals surface area contributed by atoms with Crippen LogP contribution in [-0.2, 0) is 0 Å². The second-order valence-corrected chi connectivity index (χ2v) is 5.30. The quantitative estimate of drug-likeness (QED) is 0.855. The van der Waals surface area contributed by atoms with E-state index in [1.54, 1.807) is 0 Å². The van der Waals surface area contributed by atoms with Gasteiger partial charge in [-0.15, -0.1) is 0 Å². The van der Waals surface area contributed by atoms with Crippen LogP contribution < -0.4 is 5.32 Å². The maximum Gasteiger partial charge on any atom is 0.152 e. The first kappa shape index (κ1) is 11.3. The van der Waals surface area contributed by atoms with Gasteiger partial charge in [-0.1, -0.05) is 44.2 Å². The van der Waals surface area contributed by atoms with Gasteiger partial charge in [-0.25, -0.2) is 0 Å². The maximum absolute atomic E-state index is 4.46. The van der Waals surface area contributed by atoms with Crippen molar-refractivity contribution in [1.29, 1.82) is 0 Å². The fraction of sp³-hybridized carbons (Fsp3) is 0.400.